The number of rotatable bonds is 3. The maximum atomic E-state index is 12.1. The monoisotopic (exact) mass is 298 g/mol. The molecular formula is C16H14N2O4. The third kappa shape index (κ3) is 2.58. The van der Waals surface area contributed by atoms with Gasteiger partial charge in [0, 0.05) is 6.54 Å². The van der Waals surface area contributed by atoms with Crippen molar-refractivity contribution >= 4 is 17.0 Å². The highest BCUT2D eigenvalue weighted by Crippen LogP contribution is 2.12. The van der Waals surface area contributed by atoms with Gasteiger partial charge in [0.2, 0.25) is 0 Å². The van der Waals surface area contributed by atoms with E-state index in [2.05, 4.69) is 5.32 Å². The van der Waals surface area contributed by atoms with Crippen molar-refractivity contribution < 1.29 is 14.1 Å². The smallest absolute Gasteiger partial charge is 0.358 e. The van der Waals surface area contributed by atoms with Gasteiger partial charge in [-0.3, -0.25) is 4.79 Å². The molecule has 0 aliphatic rings. The summed E-state index contributed by atoms with van der Waals surface area (Å²) in [4.78, 5) is 24.2. The molecule has 0 saturated carbocycles. The molecule has 0 fully saturated rings. The first-order valence-corrected chi connectivity index (χ1v) is 6.71. The van der Waals surface area contributed by atoms with E-state index >= 15 is 0 Å². The third-order valence-electron chi connectivity index (χ3n) is 3.25. The van der Waals surface area contributed by atoms with Crippen molar-refractivity contribution in [2.45, 2.75) is 6.54 Å². The van der Waals surface area contributed by atoms with Crippen molar-refractivity contribution in [3.8, 4) is 5.75 Å². The summed E-state index contributed by atoms with van der Waals surface area (Å²) in [5, 5.41) is 3.02. The molecule has 1 N–H and O–H groups in total. The van der Waals surface area contributed by atoms with E-state index in [1.807, 2.05) is 24.3 Å². The van der Waals surface area contributed by atoms with E-state index in [0.717, 1.165) is 10.3 Å². The predicted octanol–water partition coefficient (Wildman–Crippen LogP) is 2.36. The average molecular weight is 298 g/mol. The van der Waals surface area contributed by atoms with Gasteiger partial charge in [-0.05, 0) is 29.8 Å². The van der Waals surface area contributed by atoms with E-state index in [-0.39, 0.29) is 6.54 Å². The Bertz CT molecular complexity index is 879. The number of carbonyl (C=O) groups excluding carboxylic acids is 1. The number of carbonyl (C=O) groups is 1. The van der Waals surface area contributed by atoms with Crippen molar-refractivity contribution in [3.63, 3.8) is 0 Å². The van der Waals surface area contributed by atoms with Crippen LogP contribution in [0.1, 0.15) is 5.56 Å². The molecule has 6 heteroatoms. The fourth-order valence-electron chi connectivity index (χ4n) is 2.14. The van der Waals surface area contributed by atoms with Crippen molar-refractivity contribution in [1.29, 1.82) is 0 Å². The van der Waals surface area contributed by atoms with E-state index < -0.39 is 11.6 Å². The van der Waals surface area contributed by atoms with Crippen LogP contribution in [0.5, 0.6) is 5.75 Å². The quantitative estimate of drug-likeness (QED) is 0.805. The van der Waals surface area contributed by atoms with Gasteiger partial charge >= 0.3 is 6.03 Å². The molecule has 22 heavy (non-hydrogen) atoms. The number of fused-ring (bicyclic) bond motifs is 1. The van der Waals surface area contributed by atoms with Gasteiger partial charge in [-0.2, -0.15) is 0 Å². The zero-order valence-corrected chi connectivity index (χ0v) is 11.9. The molecule has 112 valence electrons. The zero-order chi connectivity index (χ0) is 15.5. The number of nitrogens with zero attached hydrogens (tertiary/aromatic N) is 1. The number of para-hydroxylation sites is 1. The fraction of sp³-hybridized carbons (Fsp3) is 0.125. The van der Waals surface area contributed by atoms with Crippen LogP contribution in [-0.4, -0.2) is 17.9 Å². The first-order valence-electron chi connectivity index (χ1n) is 6.71. The number of nitrogens with one attached hydrogen (secondary N) is 1. The summed E-state index contributed by atoms with van der Waals surface area (Å²) in [6.07, 6.45) is 0. The number of ether oxygens (including phenoxy) is 1. The molecule has 1 aromatic heterocycles. The summed E-state index contributed by atoms with van der Waals surface area (Å²) < 4.78 is 11.1. The highest BCUT2D eigenvalue weighted by Gasteiger charge is 2.14. The zero-order valence-electron chi connectivity index (χ0n) is 11.9. The molecule has 6 nitrogen and oxygen atoms in total. The Labute approximate surface area is 125 Å². The first-order chi connectivity index (χ1) is 10.7. The largest absolute Gasteiger partial charge is 0.497 e. The minimum Gasteiger partial charge on any atom is -0.497 e. The lowest BCUT2D eigenvalue weighted by atomic mass is 10.2. The van der Waals surface area contributed by atoms with Gasteiger partial charge in [-0.1, -0.05) is 29.0 Å². The molecular weight excluding hydrogens is 284 g/mol. The van der Waals surface area contributed by atoms with Crippen molar-refractivity contribution in [1.82, 2.24) is 10.1 Å². The molecule has 0 unspecified atom stereocenters. The minimum atomic E-state index is -0.607. The van der Waals surface area contributed by atoms with Gasteiger partial charge in [0.15, 0.2) is 5.58 Å². The lowest BCUT2D eigenvalue weighted by Crippen LogP contribution is -2.33. The molecule has 1 heterocycles. The molecule has 0 aliphatic heterocycles. The topological polar surface area (TPSA) is 73.5 Å². The van der Waals surface area contributed by atoms with Crippen LogP contribution < -0.4 is 15.6 Å². The van der Waals surface area contributed by atoms with Gasteiger partial charge in [0.05, 0.1) is 12.5 Å². The van der Waals surface area contributed by atoms with E-state index in [9.17, 15) is 9.59 Å². The SMILES string of the molecule is COc1cccc(CNC(=O)n2oc3ccccc3c2=O)c1. The Morgan fingerprint density at radius 1 is 1.23 bits per heavy atom. The van der Waals surface area contributed by atoms with Crippen LogP contribution in [-0.2, 0) is 6.54 Å². The number of benzene rings is 2. The molecule has 0 aliphatic carbocycles. The molecule has 2 aromatic carbocycles. The van der Waals surface area contributed by atoms with Crippen molar-refractivity contribution in [3.05, 3.63) is 64.4 Å². The van der Waals surface area contributed by atoms with Crippen LogP contribution in [0.15, 0.2) is 57.8 Å². The second kappa shape index (κ2) is 5.77. The molecule has 0 bridgehead atoms. The molecule has 3 rings (SSSR count). The lowest BCUT2D eigenvalue weighted by molar-refractivity contribution is 0.213. The van der Waals surface area contributed by atoms with Crippen LogP contribution >= 0.6 is 0 Å². The van der Waals surface area contributed by atoms with Gasteiger partial charge < -0.3 is 14.6 Å². The number of amides is 1. The number of aromatic nitrogens is 1. The second-order valence-electron chi connectivity index (χ2n) is 4.70. The van der Waals surface area contributed by atoms with Crippen LogP contribution in [0.2, 0.25) is 0 Å². The summed E-state index contributed by atoms with van der Waals surface area (Å²) in [6.45, 7) is 0.263. The van der Waals surface area contributed by atoms with Gasteiger partial charge in [0.25, 0.3) is 5.56 Å². The molecule has 1 amide bonds. The normalized spacial score (nSPS) is 10.6. The van der Waals surface area contributed by atoms with E-state index in [0.29, 0.717) is 16.7 Å². The Hall–Kier alpha value is -3.02. The maximum Gasteiger partial charge on any atom is 0.358 e. The lowest BCUT2D eigenvalue weighted by Gasteiger charge is -2.06. The van der Waals surface area contributed by atoms with Crippen LogP contribution in [0.4, 0.5) is 4.79 Å². The molecule has 3 aromatic rings. The molecule has 0 spiro atoms. The molecule has 0 atom stereocenters. The summed E-state index contributed by atoms with van der Waals surface area (Å²) in [7, 11) is 1.58. The minimum absolute atomic E-state index is 0.263. The fourth-order valence-corrected chi connectivity index (χ4v) is 2.14. The number of hydrogen-bond acceptors (Lipinski definition) is 4. The van der Waals surface area contributed by atoms with E-state index in [4.69, 9.17) is 9.26 Å². The maximum absolute atomic E-state index is 12.1. The summed E-state index contributed by atoms with van der Waals surface area (Å²) >= 11 is 0. The Balaban J connectivity index is 1.78. The highest BCUT2D eigenvalue weighted by molar-refractivity contribution is 5.82. The van der Waals surface area contributed by atoms with Crippen molar-refractivity contribution in [2.24, 2.45) is 0 Å². The van der Waals surface area contributed by atoms with E-state index in [1.54, 1.807) is 31.4 Å². The predicted molar refractivity (Wildman–Crippen MR) is 81.1 cm³/mol. The highest BCUT2D eigenvalue weighted by atomic mass is 16.5. The third-order valence-corrected chi connectivity index (χ3v) is 3.25. The Morgan fingerprint density at radius 2 is 2.05 bits per heavy atom. The van der Waals surface area contributed by atoms with Crippen LogP contribution in [0.25, 0.3) is 11.0 Å². The van der Waals surface area contributed by atoms with Gasteiger partial charge in [0.1, 0.15) is 5.75 Å². The second-order valence-corrected chi connectivity index (χ2v) is 4.70. The average Bonchev–Trinajstić information content (AvgIpc) is 2.90. The molecule has 0 saturated heterocycles. The Kier molecular flexibility index (Phi) is 3.65. The summed E-state index contributed by atoms with van der Waals surface area (Å²) in [5.41, 5.74) is 0.764. The number of methoxy groups -OCH3 is 1. The van der Waals surface area contributed by atoms with E-state index in [1.165, 1.54) is 0 Å². The van der Waals surface area contributed by atoms with Gasteiger partial charge in [-0.15, -0.1) is 0 Å². The van der Waals surface area contributed by atoms with Crippen LogP contribution in [0, 0.1) is 0 Å². The van der Waals surface area contributed by atoms with Crippen LogP contribution in [0.3, 0.4) is 0 Å². The van der Waals surface area contributed by atoms with Gasteiger partial charge in [-0.25, -0.2) is 4.79 Å². The summed E-state index contributed by atoms with van der Waals surface area (Å²) in [6, 6.07) is 13.4. The summed E-state index contributed by atoms with van der Waals surface area (Å²) in [5.74, 6) is 0.702. The molecule has 0 radical (unpaired) electrons. The standard InChI is InChI=1S/C16H14N2O4/c1-21-12-6-4-5-11(9-12)10-17-16(20)18-15(19)13-7-2-3-8-14(13)22-18/h2-9H,10H2,1H3,(H,17,20). The van der Waals surface area contributed by atoms with Crippen molar-refractivity contribution in [2.75, 3.05) is 7.11 Å². The first kappa shape index (κ1) is 13.9. The Morgan fingerprint density at radius 3 is 2.82 bits per heavy atom. The number of hydrogen-bond donors (Lipinski definition) is 1.